The second-order valence-electron chi connectivity index (χ2n) is 6.79. The molecular formula is C24H34F3N3O2. The van der Waals surface area contributed by atoms with Crippen molar-refractivity contribution >= 4 is 5.91 Å². The van der Waals surface area contributed by atoms with Gasteiger partial charge in [-0.15, -0.1) is 0 Å². The number of hydrogen-bond donors (Lipinski definition) is 0. The van der Waals surface area contributed by atoms with Gasteiger partial charge in [0.2, 0.25) is 5.88 Å². The fraction of sp³-hybridized carbons (Fsp3) is 0.500. The largest absolute Gasteiger partial charge is 0.478 e. The van der Waals surface area contributed by atoms with Gasteiger partial charge in [0.05, 0.1) is 12.2 Å². The van der Waals surface area contributed by atoms with Crippen molar-refractivity contribution in [2.45, 2.75) is 47.2 Å². The third kappa shape index (κ3) is 7.14. The molecule has 0 bridgehead atoms. The van der Waals surface area contributed by atoms with E-state index in [1.165, 1.54) is 11.0 Å². The van der Waals surface area contributed by atoms with Gasteiger partial charge in [-0.3, -0.25) is 4.79 Å². The number of carbonyl (C=O) groups excluding carboxylic acids is 1. The Hall–Kier alpha value is -2.77. The Morgan fingerprint density at radius 3 is 2.25 bits per heavy atom. The monoisotopic (exact) mass is 453 g/mol. The van der Waals surface area contributed by atoms with Crippen LogP contribution in [0.3, 0.4) is 0 Å². The molecule has 0 saturated carbocycles. The summed E-state index contributed by atoms with van der Waals surface area (Å²) in [4.78, 5) is 19.9. The smallest absolute Gasteiger partial charge is 0.434 e. The highest BCUT2D eigenvalue weighted by Crippen LogP contribution is 2.33. The molecule has 0 N–H and O–H groups in total. The van der Waals surface area contributed by atoms with Crippen LogP contribution in [0.1, 0.15) is 57.1 Å². The topological polar surface area (TPSA) is 45.7 Å². The van der Waals surface area contributed by atoms with Crippen molar-refractivity contribution < 1.29 is 22.7 Å². The molecule has 8 heteroatoms. The SMILES string of the molecule is C=C(CC)/C(=C\C=C/C)N1CCN(C(=O)c2ccc(OCC)nc2C(F)(F)F)CC1.CC. The fourth-order valence-electron chi connectivity index (χ4n) is 3.19. The van der Waals surface area contributed by atoms with Gasteiger partial charge in [-0.1, -0.05) is 39.5 Å². The molecule has 0 spiro atoms. The van der Waals surface area contributed by atoms with Gasteiger partial charge < -0.3 is 14.5 Å². The van der Waals surface area contributed by atoms with E-state index in [9.17, 15) is 18.0 Å². The van der Waals surface area contributed by atoms with Crippen LogP contribution in [0.15, 0.2) is 48.2 Å². The zero-order valence-electron chi connectivity index (χ0n) is 19.6. The lowest BCUT2D eigenvalue weighted by Gasteiger charge is -2.38. The number of carbonyl (C=O) groups is 1. The number of rotatable bonds is 7. The molecule has 1 fully saturated rings. The predicted molar refractivity (Wildman–Crippen MR) is 122 cm³/mol. The first-order valence-corrected chi connectivity index (χ1v) is 11.0. The van der Waals surface area contributed by atoms with E-state index in [-0.39, 0.29) is 12.5 Å². The van der Waals surface area contributed by atoms with Gasteiger partial charge in [-0.05, 0) is 38.0 Å². The van der Waals surface area contributed by atoms with Crippen LogP contribution in [-0.2, 0) is 6.18 Å². The van der Waals surface area contributed by atoms with Crippen LogP contribution in [0.5, 0.6) is 5.88 Å². The average molecular weight is 454 g/mol. The number of piperazine rings is 1. The number of alkyl halides is 3. The Balaban J connectivity index is 0.00000249. The first-order valence-electron chi connectivity index (χ1n) is 11.0. The molecule has 1 saturated heterocycles. The summed E-state index contributed by atoms with van der Waals surface area (Å²) in [5.74, 6) is -0.825. The van der Waals surface area contributed by atoms with E-state index in [2.05, 4.69) is 16.5 Å². The van der Waals surface area contributed by atoms with Crippen molar-refractivity contribution in [2.24, 2.45) is 0 Å². The first-order chi connectivity index (χ1) is 15.2. The lowest BCUT2D eigenvalue weighted by atomic mass is 10.1. The highest BCUT2D eigenvalue weighted by molar-refractivity contribution is 5.95. The molecule has 1 aliphatic rings. The van der Waals surface area contributed by atoms with Gasteiger partial charge in [0.15, 0.2) is 5.69 Å². The molecule has 32 heavy (non-hydrogen) atoms. The molecule has 5 nitrogen and oxygen atoms in total. The summed E-state index contributed by atoms with van der Waals surface area (Å²) in [7, 11) is 0. The van der Waals surface area contributed by atoms with Gasteiger partial charge in [0.1, 0.15) is 0 Å². The Labute approximate surface area is 189 Å². The van der Waals surface area contributed by atoms with Crippen molar-refractivity contribution in [2.75, 3.05) is 32.8 Å². The summed E-state index contributed by atoms with van der Waals surface area (Å²) in [6.45, 7) is 15.5. The van der Waals surface area contributed by atoms with Crippen LogP contribution in [-0.4, -0.2) is 53.5 Å². The minimum atomic E-state index is -4.75. The van der Waals surface area contributed by atoms with Gasteiger partial charge in [-0.2, -0.15) is 13.2 Å². The summed E-state index contributed by atoms with van der Waals surface area (Å²) in [5, 5.41) is 0. The van der Waals surface area contributed by atoms with E-state index in [0.717, 1.165) is 23.8 Å². The zero-order chi connectivity index (χ0) is 24.3. The van der Waals surface area contributed by atoms with Crippen LogP contribution in [0.2, 0.25) is 0 Å². The van der Waals surface area contributed by atoms with Gasteiger partial charge >= 0.3 is 6.18 Å². The van der Waals surface area contributed by atoms with E-state index in [1.807, 2.05) is 45.9 Å². The highest BCUT2D eigenvalue weighted by atomic mass is 19.4. The summed E-state index contributed by atoms with van der Waals surface area (Å²) in [5.41, 5.74) is 0.292. The Bertz CT molecular complexity index is 824. The van der Waals surface area contributed by atoms with E-state index in [4.69, 9.17) is 4.74 Å². The lowest BCUT2D eigenvalue weighted by Crippen LogP contribution is -2.48. The number of hydrogen-bond acceptors (Lipinski definition) is 4. The van der Waals surface area contributed by atoms with Crippen molar-refractivity contribution in [3.8, 4) is 5.88 Å². The standard InChI is InChI=1S/C22H28F3N3O2.C2H6/c1-5-8-9-18(16(4)6-2)27-12-14-28(15-13-27)21(29)17-10-11-19(30-7-3)26-20(17)22(23,24)25;1-2/h5,8-11H,4,6-7,12-15H2,1-3H3;1-2H3/b8-5-,18-9+;. The average Bonchev–Trinajstić information content (AvgIpc) is 2.80. The molecule has 0 radical (unpaired) electrons. The van der Waals surface area contributed by atoms with E-state index in [0.29, 0.717) is 26.2 Å². The summed E-state index contributed by atoms with van der Waals surface area (Å²) in [6.07, 6.45) is 1.85. The maximum absolute atomic E-state index is 13.5. The maximum atomic E-state index is 13.5. The van der Waals surface area contributed by atoms with Crippen molar-refractivity contribution in [3.63, 3.8) is 0 Å². The van der Waals surface area contributed by atoms with E-state index >= 15 is 0 Å². The fourth-order valence-corrected chi connectivity index (χ4v) is 3.19. The number of pyridine rings is 1. The molecule has 1 aliphatic heterocycles. The third-order valence-electron chi connectivity index (χ3n) is 4.80. The quantitative estimate of drug-likeness (QED) is 0.496. The number of amides is 1. The molecule has 0 unspecified atom stereocenters. The molecule has 2 rings (SSSR count). The predicted octanol–water partition coefficient (Wildman–Crippen LogP) is 5.71. The van der Waals surface area contributed by atoms with Crippen LogP contribution >= 0.6 is 0 Å². The molecule has 0 atom stereocenters. The maximum Gasteiger partial charge on any atom is 0.434 e. The molecule has 1 aromatic heterocycles. The molecule has 178 valence electrons. The molecule has 0 aromatic carbocycles. The van der Waals surface area contributed by atoms with E-state index in [1.54, 1.807) is 6.92 Å². The van der Waals surface area contributed by atoms with Gasteiger partial charge in [0.25, 0.3) is 5.91 Å². The summed E-state index contributed by atoms with van der Waals surface area (Å²) >= 11 is 0. The first kappa shape index (κ1) is 27.3. The van der Waals surface area contributed by atoms with Crippen molar-refractivity contribution in [1.82, 2.24) is 14.8 Å². The second-order valence-corrected chi connectivity index (χ2v) is 6.79. The number of allylic oxidation sites excluding steroid dienone is 4. The van der Waals surface area contributed by atoms with Crippen LogP contribution in [0.4, 0.5) is 13.2 Å². The molecule has 2 heterocycles. The number of nitrogens with zero attached hydrogens (tertiary/aromatic N) is 3. The van der Waals surface area contributed by atoms with Crippen LogP contribution in [0.25, 0.3) is 0 Å². The summed E-state index contributed by atoms with van der Waals surface area (Å²) in [6, 6.07) is 2.44. The molecular weight excluding hydrogens is 419 g/mol. The molecule has 1 amide bonds. The van der Waals surface area contributed by atoms with Crippen LogP contribution in [0, 0.1) is 0 Å². The van der Waals surface area contributed by atoms with Gasteiger partial charge in [-0.25, -0.2) is 4.98 Å². The Kier molecular flexibility index (Phi) is 11.0. The zero-order valence-corrected chi connectivity index (χ0v) is 19.6. The third-order valence-corrected chi connectivity index (χ3v) is 4.80. The Morgan fingerprint density at radius 1 is 1.16 bits per heavy atom. The second kappa shape index (κ2) is 12.9. The molecule has 0 aliphatic carbocycles. The Morgan fingerprint density at radius 2 is 1.75 bits per heavy atom. The molecule has 1 aromatic rings. The highest BCUT2D eigenvalue weighted by Gasteiger charge is 2.39. The summed E-state index contributed by atoms with van der Waals surface area (Å²) < 4.78 is 45.5. The number of aromatic nitrogens is 1. The van der Waals surface area contributed by atoms with Crippen molar-refractivity contribution in [3.05, 3.63) is 59.5 Å². The number of halogens is 3. The normalized spacial score (nSPS) is 14.8. The van der Waals surface area contributed by atoms with Gasteiger partial charge in [0, 0.05) is 37.9 Å². The van der Waals surface area contributed by atoms with Crippen LogP contribution < -0.4 is 4.74 Å². The van der Waals surface area contributed by atoms with E-state index < -0.39 is 23.3 Å². The van der Waals surface area contributed by atoms with Crippen molar-refractivity contribution in [1.29, 1.82) is 0 Å². The number of ether oxygens (including phenoxy) is 1. The lowest BCUT2D eigenvalue weighted by molar-refractivity contribution is -0.141. The minimum Gasteiger partial charge on any atom is -0.478 e. The minimum absolute atomic E-state index is 0.150.